The van der Waals surface area contributed by atoms with Crippen molar-refractivity contribution in [1.82, 2.24) is 10.2 Å². The molecule has 1 atom stereocenters. The molecule has 0 amide bonds. The molecule has 5 heteroatoms. The maximum absolute atomic E-state index is 11.0. The van der Waals surface area contributed by atoms with Crippen LogP contribution in [0.15, 0.2) is 54.6 Å². The van der Waals surface area contributed by atoms with Crippen molar-refractivity contribution in [3.8, 4) is 17.0 Å². The third kappa shape index (κ3) is 3.94. The van der Waals surface area contributed by atoms with E-state index in [-0.39, 0.29) is 5.69 Å². The number of carboxylic acid groups (broad SMARTS) is 1. The van der Waals surface area contributed by atoms with Crippen LogP contribution in [-0.2, 0) is 6.61 Å². The minimum absolute atomic E-state index is 0.0782. The number of carboxylic acids is 1. The summed E-state index contributed by atoms with van der Waals surface area (Å²) in [6.07, 6.45) is 0.978. The Kier molecular flexibility index (Phi) is 5.37. The van der Waals surface area contributed by atoms with E-state index in [1.165, 1.54) is 0 Å². The Hall–Kier alpha value is -3.08. The van der Waals surface area contributed by atoms with Gasteiger partial charge in [-0.3, -0.25) is 5.10 Å². The van der Waals surface area contributed by atoms with Gasteiger partial charge in [-0.05, 0) is 47.7 Å². The van der Waals surface area contributed by atoms with Gasteiger partial charge in [0.1, 0.15) is 18.1 Å². The monoisotopic (exact) mass is 350 g/mol. The molecule has 26 heavy (non-hydrogen) atoms. The topological polar surface area (TPSA) is 75.2 Å². The van der Waals surface area contributed by atoms with Crippen LogP contribution in [0.5, 0.6) is 5.75 Å². The molecule has 0 saturated carbocycles. The van der Waals surface area contributed by atoms with E-state index < -0.39 is 5.97 Å². The highest BCUT2D eigenvalue weighted by molar-refractivity contribution is 5.86. The molecule has 0 fully saturated rings. The molecule has 3 rings (SSSR count). The summed E-state index contributed by atoms with van der Waals surface area (Å²) in [5.74, 6) is 0.147. The first-order chi connectivity index (χ1) is 12.6. The number of H-pyrrole nitrogens is 1. The van der Waals surface area contributed by atoms with E-state index in [9.17, 15) is 4.79 Å². The molecule has 2 N–H and O–H groups in total. The summed E-state index contributed by atoms with van der Waals surface area (Å²) in [6, 6.07) is 17.5. The predicted molar refractivity (Wildman–Crippen MR) is 100 cm³/mol. The first-order valence-corrected chi connectivity index (χ1v) is 8.68. The summed E-state index contributed by atoms with van der Waals surface area (Å²) in [6.45, 7) is 4.80. The van der Waals surface area contributed by atoms with Gasteiger partial charge in [-0.1, -0.05) is 44.2 Å². The van der Waals surface area contributed by atoms with E-state index in [1.807, 2.05) is 48.5 Å². The maximum Gasteiger partial charge on any atom is 0.353 e. The van der Waals surface area contributed by atoms with Crippen molar-refractivity contribution < 1.29 is 14.6 Å². The molecule has 0 aliphatic carbocycles. The maximum atomic E-state index is 11.0. The van der Waals surface area contributed by atoms with Crippen LogP contribution in [0, 0.1) is 0 Å². The molecule has 1 aromatic heterocycles. The number of aromatic carboxylic acids is 1. The molecule has 0 spiro atoms. The molecule has 1 unspecified atom stereocenters. The van der Waals surface area contributed by atoms with Crippen molar-refractivity contribution in [1.29, 1.82) is 0 Å². The lowest BCUT2D eigenvalue weighted by Gasteiger charge is -2.17. The zero-order valence-electron chi connectivity index (χ0n) is 14.9. The number of carbonyl (C=O) groups is 1. The number of nitrogens with zero attached hydrogens (tertiary/aromatic N) is 1. The van der Waals surface area contributed by atoms with Crippen molar-refractivity contribution in [3.63, 3.8) is 0 Å². The molecular formula is C21H22N2O3. The van der Waals surface area contributed by atoms with Gasteiger partial charge in [0.2, 0.25) is 0 Å². The van der Waals surface area contributed by atoms with Crippen LogP contribution in [0.25, 0.3) is 11.3 Å². The second kappa shape index (κ2) is 7.87. The van der Waals surface area contributed by atoms with Crippen molar-refractivity contribution in [3.05, 3.63) is 71.4 Å². The summed E-state index contributed by atoms with van der Waals surface area (Å²) in [4.78, 5) is 11.0. The van der Waals surface area contributed by atoms with Crippen molar-refractivity contribution in [2.75, 3.05) is 0 Å². The van der Waals surface area contributed by atoms with Crippen LogP contribution in [0.3, 0.4) is 0 Å². The first-order valence-electron chi connectivity index (χ1n) is 8.68. The lowest BCUT2D eigenvalue weighted by Crippen LogP contribution is -2.01. The highest BCUT2D eigenvalue weighted by Gasteiger charge is 2.15. The number of rotatable bonds is 7. The third-order valence-electron chi connectivity index (χ3n) is 4.49. The minimum Gasteiger partial charge on any atom is -0.489 e. The molecule has 0 radical (unpaired) electrons. The van der Waals surface area contributed by atoms with Crippen LogP contribution < -0.4 is 4.74 Å². The Labute approximate surface area is 152 Å². The van der Waals surface area contributed by atoms with Crippen LogP contribution in [-0.4, -0.2) is 21.3 Å². The quantitative estimate of drug-likeness (QED) is 0.637. The van der Waals surface area contributed by atoms with Crippen LogP contribution in [0.4, 0.5) is 0 Å². The molecule has 0 aliphatic rings. The normalized spacial score (nSPS) is 11.9. The average Bonchev–Trinajstić information content (AvgIpc) is 3.17. The van der Waals surface area contributed by atoms with Crippen LogP contribution >= 0.6 is 0 Å². The fourth-order valence-corrected chi connectivity index (χ4v) is 2.76. The number of aromatic amines is 1. The Morgan fingerprint density at radius 2 is 1.96 bits per heavy atom. The standard InChI is InChI=1S/C21H22N2O3/c1-3-14(2)17-11-16(18-12-19(21(24)25)23-22-18)9-10-20(17)26-13-15-7-5-4-6-8-15/h4-12,14H,3,13H2,1-2H3,(H,22,23)(H,24,25). The average molecular weight is 350 g/mol. The second-order valence-electron chi connectivity index (χ2n) is 6.31. The Morgan fingerprint density at radius 1 is 1.19 bits per heavy atom. The van der Waals surface area contributed by atoms with Gasteiger partial charge >= 0.3 is 5.97 Å². The Balaban J connectivity index is 1.88. The Morgan fingerprint density at radius 3 is 2.62 bits per heavy atom. The molecule has 3 aromatic rings. The zero-order valence-corrected chi connectivity index (χ0v) is 14.9. The molecule has 5 nitrogen and oxygen atoms in total. The predicted octanol–water partition coefficient (Wildman–Crippen LogP) is 4.87. The fourth-order valence-electron chi connectivity index (χ4n) is 2.76. The fraction of sp³-hybridized carbons (Fsp3) is 0.238. The van der Waals surface area contributed by atoms with Gasteiger partial charge in [0.25, 0.3) is 0 Å². The molecule has 134 valence electrons. The van der Waals surface area contributed by atoms with Gasteiger partial charge in [0, 0.05) is 5.56 Å². The molecular weight excluding hydrogens is 328 g/mol. The summed E-state index contributed by atoms with van der Waals surface area (Å²) < 4.78 is 6.06. The highest BCUT2D eigenvalue weighted by atomic mass is 16.5. The third-order valence-corrected chi connectivity index (χ3v) is 4.49. The molecule has 0 bridgehead atoms. The molecule has 1 heterocycles. The minimum atomic E-state index is -1.02. The van der Waals surface area contributed by atoms with Crippen molar-refractivity contribution in [2.45, 2.75) is 32.8 Å². The number of ether oxygens (including phenoxy) is 1. The van der Waals surface area contributed by atoms with Gasteiger partial charge in [0.15, 0.2) is 0 Å². The van der Waals surface area contributed by atoms with Gasteiger partial charge < -0.3 is 9.84 Å². The molecule has 0 saturated heterocycles. The van der Waals surface area contributed by atoms with Crippen molar-refractivity contribution >= 4 is 5.97 Å². The number of aromatic nitrogens is 2. The van der Waals surface area contributed by atoms with E-state index in [2.05, 4.69) is 24.0 Å². The largest absolute Gasteiger partial charge is 0.489 e. The van der Waals surface area contributed by atoms with E-state index in [1.54, 1.807) is 6.07 Å². The highest BCUT2D eigenvalue weighted by Crippen LogP contribution is 2.33. The zero-order chi connectivity index (χ0) is 18.5. The summed E-state index contributed by atoms with van der Waals surface area (Å²) >= 11 is 0. The van der Waals surface area contributed by atoms with E-state index in [0.717, 1.165) is 28.9 Å². The molecule has 2 aromatic carbocycles. The van der Waals surface area contributed by atoms with Gasteiger partial charge in [-0.2, -0.15) is 5.10 Å². The van der Waals surface area contributed by atoms with Crippen LogP contribution in [0.2, 0.25) is 0 Å². The van der Waals surface area contributed by atoms with Crippen molar-refractivity contribution in [2.24, 2.45) is 0 Å². The summed E-state index contributed by atoms with van der Waals surface area (Å²) in [5, 5.41) is 15.7. The second-order valence-corrected chi connectivity index (χ2v) is 6.31. The van der Waals surface area contributed by atoms with Crippen LogP contribution in [0.1, 0.15) is 47.8 Å². The summed E-state index contributed by atoms with van der Waals surface area (Å²) in [7, 11) is 0. The number of hydrogen-bond acceptors (Lipinski definition) is 3. The molecule has 0 aliphatic heterocycles. The SMILES string of the molecule is CCC(C)c1cc(-c2cc(C(=O)O)[nH]n2)ccc1OCc1ccccc1. The smallest absolute Gasteiger partial charge is 0.353 e. The van der Waals surface area contributed by atoms with E-state index in [4.69, 9.17) is 9.84 Å². The lowest BCUT2D eigenvalue weighted by molar-refractivity contribution is 0.0690. The number of hydrogen-bond donors (Lipinski definition) is 2. The Bertz CT molecular complexity index is 887. The lowest BCUT2D eigenvalue weighted by atomic mass is 9.95. The first kappa shape index (κ1) is 17.7. The summed E-state index contributed by atoms with van der Waals surface area (Å²) in [5.41, 5.74) is 3.78. The van der Waals surface area contributed by atoms with Gasteiger partial charge in [-0.15, -0.1) is 0 Å². The van der Waals surface area contributed by atoms with E-state index in [0.29, 0.717) is 18.2 Å². The number of benzene rings is 2. The van der Waals surface area contributed by atoms with Gasteiger partial charge in [-0.25, -0.2) is 4.79 Å². The van der Waals surface area contributed by atoms with E-state index >= 15 is 0 Å². The number of nitrogens with one attached hydrogen (secondary N) is 1. The van der Waals surface area contributed by atoms with Gasteiger partial charge in [0.05, 0.1) is 5.69 Å².